The van der Waals surface area contributed by atoms with Crippen molar-refractivity contribution < 1.29 is 8.85 Å². The summed E-state index contributed by atoms with van der Waals surface area (Å²) in [6.45, 7) is 27.2. The molecule has 0 aromatic heterocycles. The molecule has 0 spiro atoms. The van der Waals surface area contributed by atoms with Crippen LogP contribution in [-0.4, -0.2) is 27.8 Å². The van der Waals surface area contributed by atoms with E-state index in [0.717, 1.165) is 25.7 Å². The van der Waals surface area contributed by atoms with Crippen molar-refractivity contribution in [3.8, 4) is 23.7 Å². The summed E-state index contributed by atoms with van der Waals surface area (Å²) in [6.07, 6.45) is 6.59. The Balaban J connectivity index is 3.61. The zero-order valence-corrected chi connectivity index (χ0v) is 24.1. The van der Waals surface area contributed by atoms with Gasteiger partial charge in [-0.1, -0.05) is 66.2 Å². The molecule has 2 nitrogen and oxygen atoms in total. The van der Waals surface area contributed by atoms with Crippen molar-refractivity contribution in [3.05, 3.63) is 0 Å². The summed E-state index contributed by atoms with van der Waals surface area (Å²) in [5, 5.41) is 0.180. The minimum absolute atomic E-state index is 0.0900. The van der Waals surface area contributed by atoms with Gasteiger partial charge in [0.1, 0.15) is 0 Å². The molecule has 0 amide bonds. The highest BCUT2D eigenvalue weighted by Gasteiger charge is 2.55. The van der Waals surface area contributed by atoms with Gasteiger partial charge in [-0.25, -0.2) is 0 Å². The van der Waals surface area contributed by atoms with Crippen LogP contribution in [0.2, 0.25) is 36.3 Å². The molecule has 0 aromatic rings. The van der Waals surface area contributed by atoms with E-state index in [2.05, 4.69) is 105 Å². The Morgan fingerprint density at radius 1 is 0.600 bits per heavy atom. The van der Waals surface area contributed by atoms with Crippen LogP contribution in [-0.2, 0) is 8.85 Å². The second-order valence-corrected chi connectivity index (χ2v) is 21.8. The summed E-state index contributed by atoms with van der Waals surface area (Å²) in [5.74, 6) is 14.1. The summed E-state index contributed by atoms with van der Waals surface area (Å²) < 4.78 is 14.1. The fourth-order valence-electron chi connectivity index (χ4n) is 3.05. The van der Waals surface area contributed by atoms with E-state index in [1.54, 1.807) is 0 Å². The zero-order chi connectivity index (χ0) is 23.5. The third-order valence-electron chi connectivity index (χ3n) is 7.45. The molecular weight excluding hydrogens is 400 g/mol. The lowest BCUT2D eigenvalue weighted by molar-refractivity contribution is -0.0374. The maximum atomic E-state index is 7.07. The van der Waals surface area contributed by atoms with E-state index < -0.39 is 27.8 Å². The first-order valence-electron chi connectivity index (χ1n) is 11.8. The summed E-state index contributed by atoms with van der Waals surface area (Å²) in [5.41, 5.74) is -1.53. The Morgan fingerprint density at radius 2 is 0.900 bits per heavy atom. The Bertz CT molecular complexity index is 642. The van der Waals surface area contributed by atoms with Crippen molar-refractivity contribution in [3.63, 3.8) is 0 Å². The van der Waals surface area contributed by atoms with Crippen molar-refractivity contribution in [2.45, 2.75) is 141 Å². The van der Waals surface area contributed by atoms with Gasteiger partial charge >= 0.3 is 0 Å². The van der Waals surface area contributed by atoms with E-state index in [-0.39, 0.29) is 10.1 Å². The molecule has 30 heavy (non-hydrogen) atoms. The van der Waals surface area contributed by atoms with Gasteiger partial charge in [-0.05, 0) is 63.0 Å². The quantitative estimate of drug-likeness (QED) is 0.321. The molecule has 2 unspecified atom stereocenters. The standard InChI is InChI=1S/C26H48O2Si2/c1-23(2,3)29(9,10)27-25(7)21-19-17-15-13-14-16-18-20-22-26(25,8)28-30(11,12)24(4,5)6/h13-18H2,1-12H3. The normalized spacial score (nSPS) is 27.1. The first-order chi connectivity index (χ1) is 13.4. The van der Waals surface area contributed by atoms with Crippen LogP contribution in [0.3, 0.4) is 0 Å². The highest BCUT2D eigenvalue weighted by atomic mass is 28.4. The molecule has 0 saturated heterocycles. The zero-order valence-electron chi connectivity index (χ0n) is 22.1. The van der Waals surface area contributed by atoms with Crippen LogP contribution in [0.4, 0.5) is 0 Å². The second-order valence-electron chi connectivity index (χ2n) is 12.3. The monoisotopic (exact) mass is 448 g/mol. The van der Waals surface area contributed by atoms with Gasteiger partial charge in [-0.3, -0.25) is 0 Å². The predicted octanol–water partition coefficient (Wildman–Crippen LogP) is 7.91. The van der Waals surface area contributed by atoms with Crippen molar-refractivity contribution in [2.75, 3.05) is 0 Å². The third kappa shape index (κ3) is 6.73. The molecule has 4 heteroatoms. The van der Waals surface area contributed by atoms with E-state index in [9.17, 15) is 0 Å². The van der Waals surface area contributed by atoms with Gasteiger partial charge in [0.05, 0.1) is 0 Å². The molecule has 0 saturated carbocycles. The minimum Gasteiger partial charge on any atom is -0.398 e. The van der Waals surface area contributed by atoms with Gasteiger partial charge in [0.25, 0.3) is 0 Å². The molecule has 1 rings (SSSR count). The Morgan fingerprint density at radius 3 is 1.17 bits per heavy atom. The molecule has 0 fully saturated rings. The molecule has 2 atom stereocenters. The van der Waals surface area contributed by atoms with Crippen LogP contribution in [0, 0.1) is 23.7 Å². The first-order valence-corrected chi connectivity index (χ1v) is 17.6. The molecule has 0 N–H and O–H groups in total. The highest BCUT2D eigenvalue weighted by molar-refractivity contribution is 6.74. The fourth-order valence-corrected chi connectivity index (χ4v) is 6.20. The molecule has 0 aliphatic heterocycles. The van der Waals surface area contributed by atoms with Crippen molar-refractivity contribution in [2.24, 2.45) is 0 Å². The van der Waals surface area contributed by atoms with Gasteiger partial charge in [0, 0.05) is 12.8 Å². The summed E-state index contributed by atoms with van der Waals surface area (Å²) in [4.78, 5) is 0. The molecular formula is C26H48O2Si2. The summed E-state index contributed by atoms with van der Waals surface area (Å²) in [6, 6.07) is 0. The maximum Gasteiger partial charge on any atom is 0.194 e. The number of hydrogen-bond acceptors (Lipinski definition) is 2. The Labute approximate surface area is 190 Å². The molecule has 0 bridgehead atoms. The average Bonchev–Trinajstić information content (AvgIpc) is 2.52. The molecule has 0 heterocycles. The lowest BCUT2D eigenvalue weighted by Crippen LogP contribution is -2.62. The van der Waals surface area contributed by atoms with E-state index in [0.29, 0.717) is 0 Å². The molecule has 0 radical (unpaired) electrons. The van der Waals surface area contributed by atoms with E-state index in [4.69, 9.17) is 8.85 Å². The maximum absolute atomic E-state index is 7.07. The lowest BCUT2D eigenvalue weighted by atomic mass is 9.86. The van der Waals surface area contributed by atoms with Crippen LogP contribution in [0.5, 0.6) is 0 Å². The lowest BCUT2D eigenvalue weighted by Gasteiger charge is -2.51. The van der Waals surface area contributed by atoms with E-state index in [1.165, 1.54) is 12.8 Å². The van der Waals surface area contributed by atoms with Crippen molar-refractivity contribution in [1.82, 2.24) is 0 Å². The van der Waals surface area contributed by atoms with Crippen LogP contribution in [0.1, 0.15) is 93.9 Å². The minimum atomic E-state index is -2.10. The summed E-state index contributed by atoms with van der Waals surface area (Å²) in [7, 11) is -4.20. The topological polar surface area (TPSA) is 18.5 Å². The summed E-state index contributed by atoms with van der Waals surface area (Å²) >= 11 is 0. The van der Waals surface area contributed by atoms with Crippen LogP contribution >= 0.6 is 0 Å². The highest BCUT2D eigenvalue weighted by Crippen LogP contribution is 2.46. The van der Waals surface area contributed by atoms with Crippen molar-refractivity contribution in [1.29, 1.82) is 0 Å². The van der Waals surface area contributed by atoms with Gasteiger partial charge in [0.2, 0.25) is 0 Å². The second kappa shape index (κ2) is 9.54. The Kier molecular flexibility index (Phi) is 8.74. The largest absolute Gasteiger partial charge is 0.398 e. The van der Waals surface area contributed by atoms with Crippen molar-refractivity contribution >= 4 is 16.6 Å². The van der Waals surface area contributed by atoms with Gasteiger partial charge in [-0.15, -0.1) is 11.8 Å². The first kappa shape index (κ1) is 27.5. The van der Waals surface area contributed by atoms with Gasteiger partial charge < -0.3 is 8.85 Å². The van der Waals surface area contributed by atoms with E-state index >= 15 is 0 Å². The number of rotatable bonds is 4. The average molecular weight is 449 g/mol. The van der Waals surface area contributed by atoms with Crippen LogP contribution < -0.4 is 0 Å². The molecule has 1 aliphatic carbocycles. The van der Waals surface area contributed by atoms with Crippen LogP contribution in [0.15, 0.2) is 0 Å². The molecule has 1 aliphatic rings. The van der Waals surface area contributed by atoms with Crippen LogP contribution in [0.25, 0.3) is 0 Å². The molecule has 0 aromatic carbocycles. The van der Waals surface area contributed by atoms with Gasteiger partial charge in [0.15, 0.2) is 27.8 Å². The SMILES string of the molecule is CC1(O[Si](C)(C)C(C)(C)C)C#CCCCCCCC#CC1(C)O[Si](C)(C)C(C)(C)C. The third-order valence-corrected chi connectivity index (χ3v) is 16.5. The Hall–Kier alpha value is -0.526. The smallest absolute Gasteiger partial charge is 0.194 e. The van der Waals surface area contributed by atoms with E-state index in [1.807, 2.05) is 0 Å². The fraction of sp³-hybridized carbons (Fsp3) is 0.846. The predicted molar refractivity (Wildman–Crippen MR) is 137 cm³/mol. The van der Waals surface area contributed by atoms with Gasteiger partial charge in [-0.2, -0.15) is 0 Å². The number of hydrogen-bond donors (Lipinski definition) is 0. The molecule has 172 valence electrons.